The van der Waals surface area contributed by atoms with Gasteiger partial charge in [-0.1, -0.05) is 33.8 Å². The molecule has 1 aromatic rings. The summed E-state index contributed by atoms with van der Waals surface area (Å²) in [6, 6.07) is 5.05. The van der Waals surface area contributed by atoms with E-state index in [1.54, 1.807) is 0 Å². The Bertz CT molecular complexity index is 310. The minimum absolute atomic E-state index is 0.450. The highest BCUT2D eigenvalue weighted by Crippen LogP contribution is 2.27. The molecule has 2 atom stereocenters. The fourth-order valence-corrected chi connectivity index (χ4v) is 3.49. The molecule has 0 aliphatic carbocycles. The van der Waals surface area contributed by atoms with E-state index in [-0.39, 0.29) is 0 Å². The lowest BCUT2D eigenvalue weighted by atomic mass is 9.82. The van der Waals surface area contributed by atoms with E-state index >= 15 is 0 Å². The molecular weight excluding hydrogens is 238 g/mol. The first-order valence-corrected chi connectivity index (χ1v) is 7.98. The van der Waals surface area contributed by atoms with Crippen LogP contribution in [0.3, 0.4) is 0 Å². The van der Waals surface area contributed by atoms with Crippen LogP contribution in [0, 0.1) is 11.3 Å². The van der Waals surface area contributed by atoms with Crippen molar-refractivity contribution in [1.82, 2.24) is 5.32 Å². The zero-order valence-corrected chi connectivity index (χ0v) is 13.4. The molecule has 0 saturated heterocycles. The van der Waals surface area contributed by atoms with Crippen LogP contribution in [0.5, 0.6) is 0 Å². The Morgan fingerprint density at radius 1 is 1.33 bits per heavy atom. The Kier molecular flexibility index (Phi) is 6.37. The third kappa shape index (κ3) is 6.55. The maximum Gasteiger partial charge on any atom is 0.00700 e. The first-order chi connectivity index (χ1) is 8.40. The SMILES string of the molecule is CNC(CCc1cccs1)CC(C)CC(C)(C)C. The summed E-state index contributed by atoms with van der Waals surface area (Å²) in [7, 11) is 2.10. The lowest BCUT2D eigenvalue weighted by Crippen LogP contribution is -2.29. The van der Waals surface area contributed by atoms with Gasteiger partial charge in [0.25, 0.3) is 0 Å². The number of thiophene rings is 1. The highest BCUT2D eigenvalue weighted by molar-refractivity contribution is 7.09. The van der Waals surface area contributed by atoms with Gasteiger partial charge in [-0.3, -0.25) is 0 Å². The molecule has 1 aromatic heterocycles. The minimum Gasteiger partial charge on any atom is -0.317 e. The third-order valence-electron chi connectivity index (χ3n) is 3.38. The molecule has 0 fully saturated rings. The largest absolute Gasteiger partial charge is 0.317 e. The summed E-state index contributed by atoms with van der Waals surface area (Å²) in [5.74, 6) is 0.797. The molecular formula is C16H29NS. The fraction of sp³-hybridized carbons (Fsp3) is 0.750. The van der Waals surface area contributed by atoms with Crippen molar-refractivity contribution in [3.8, 4) is 0 Å². The quantitative estimate of drug-likeness (QED) is 0.753. The van der Waals surface area contributed by atoms with E-state index in [0.717, 1.165) is 5.92 Å². The van der Waals surface area contributed by atoms with Gasteiger partial charge >= 0.3 is 0 Å². The molecule has 1 N–H and O–H groups in total. The number of hydrogen-bond donors (Lipinski definition) is 1. The van der Waals surface area contributed by atoms with Gasteiger partial charge in [0.1, 0.15) is 0 Å². The number of hydrogen-bond acceptors (Lipinski definition) is 2. The van der Waals surface area contributed by atoms with Gasteiger partial charge in [-0.25, -0.2) is 0 Å². The van der Waals surface area contributed by atoms with Crippen LogP contribution in [-0.2, 0) is 6.42 Å². The zero-order chi connectivity index (χ0) is 13.6. The second kappa shape index (κ2) is 7.30. The summed E-state index contributed by atoms with van der Waals surface area (Å²) in [6.07, 6.45) is 5.07. The van der Waals surface area contributed by atoms with Gasteiger partial charge in [-0.05, 0) is 55.5 Å². The van der Waals surface area contributed by atoms with Crippen molar-refractivity contribution in [3.63, 3.8) is 0 Å². The lowest BCUT2D eigenvalue weighted by Gasteiger charge is -2.26. The topological polar surface area (TPSA) is 12.0 Å². The van der Waals surface area contributed by atoms with Crippen LogP contribution in [-0.4, -0.2) is 13.1 Å². The Morgan fingerprint density at radius 3 is 2.56 bits per heavy atom. The van der Waals surface area contributed by atoms with E-state index in [2.05, 4.69) is 57.6 Å². The summed E-state index contributed by atoms with van der Waals surface area (Å²) in [5, 5.41) is 5.66. The molecule has 2 heteroatoms. The molecule has 2 unspecified atom stereocenters. The predicted octanol–water partition coefficient (Wildman–Crippen LogP) is 4.73. The molecule has 0 aromatic carbocycles. The van der Waals surface area contributed by atoms with E-state index in [1.807, 2.05) is 11.3 Å². The van der Waals surface area contributed by atoms with Crippen LogP contribution in [0.25, 0.3) is 0 Å². The normalized spacial score (nSPS) is 15.6. The molecule has 1 rings (SSSR count). The summed E-state index contributed by atoms with van der Waals surface area (Å²) >= 11 is 1.88. The number of rotatable bonds is 7. The van der Waals surface area contributed by atoms with Crippen molar-refractivity contribution >= 4 is 11.3 Å². The summed E-state index contributed by atoms with van der Waals surface area (Å²) in [6.45, 7) is 9.40. The van der Waals surface area contributed by atoms with Gasteiger partial charge in [-0.15, -0.1) is 11.3 Å². The van der Waals surface area contributed by atoms with E-state index in [4.69, 9.17) is 0 Å². The Labute approximate surface area is 117 Å². The molecule has 0 saturated carbocycles. The molecule has 18 heavy (non-hydrogen) atoms. The van der Waals surface area contributed by atoms with Crippen molar-refractivity contribution in [2.75, 3.05) is 7.05 Å². The molecule has 1 nitrogen and oxygen atoms in total. The summed E-state index contributed by atoms with van der Waals surface area (Å²) < 4.78 is 0. The van der Waals surface area contributed by atoms with Gasteiger partial charge in [0, 0.05) is 10.9 Å². The lowest BCUT2D eigenvalue weighted by molar-refractivity contribution is 0.274. The van der Waals surface area contributed by atoms with E-state index in [1.165, 1.54) is 30.6 Å². The van der Waals surface area contributed by atoms with Crippen molar-refractivity contribution in [1.29, 1.82) is 0 Å². The van der Waals surface area contributed by atoms with Crippen molar-refractivity contribution in [3.05, 3.63) is 22.4 Å². The number of nitrogens with one attached hydrogen (secondary N) is 1. The smallest absolute Gasteiger partial charge is 0.00700 e. The van der Waals surface area contributed by atoms with E-state index in [0.29, 0.717) is 11.5 Å². The monoisotopic (exact) mass is 267 g/mol. The van der Waals surface area contributed by atoms with Crippen molar-refractivity contribution in [2.45, 2.75) is 59.4 Å². The molecule has 0 spiro atoms. The first-order valence-electron chi connectivity index (χ1n) is 7.10. The first kappa shape index (κ1) is 15.7. The molecule has 104 valence electrons. The highest BCUT2D eigenvalue weighted by atomic mass is 32.1. The van der Waals surface area contributed by atoms with Crippen LogP contribution < -0.4 is 5.32 Å². The van der Waals surface area contributed by atoms with Gasteiger partial charge in [0.15, 0.2) is 0 Å². The third-order valence-corrected chi connectivity index (χ3v) is 4.31. The molecule has 0 bridgehead atoms. The van der Waals surface area contributed by atoms with Crippen molar-refractivity contribution < 1.29 is 0 Å². The fourth-order valence-electron chi connectivity index (χ4n) is 2.77. The van der Waals surface area contributed by atoms with E-state index < -0.39 is 0 Å². The van der Waals surface area contributed by atoms with Gasteiger partial charge in [-0.2, -0.15) is 0 Å². The molecule has 0 aliphatic rings. The molecule has 0 radical (unpaired) electrons. The second-order valence-electron chi connectivity index (χ2n) is 6.71. The van der Waals surface area contributed by atoms with Crippen LogP contribution in [0.15, 0.2) is 17.5 Å². The van der Waals surface area contributed by atoms with E-state index in [9.17, 15) is 0 Å². The average Bonchev–Trinajstić information content (AvgIpc) is 2.74. The Balaban J connectivity index is 2.32. The number of aryl methyl sites for hydroxylation is 1. The maximum absolute atomic E-state index is 3.49. The highest BCUT2D eigenvalue weighted by Gasteiger charge is 2.18. The maximum atomic E-state index is 3.49. The zero-order valence-electron chi connectivity index (χ0n) is 12.6. The molecule has 0 aliphatic heterocycles. The molecule has 0 amide bonds. The standard InChI is InChI=1S/C16H29NS/c1-13(12-16(2,3)4)11-14(17-5)8-9-15-7-6-10-18-15/h6-7,10,13-14,17H,8-9,11-12H2,1-5H3. The van der Waals surface area contributed by atoms with Gasteiger partial charge in [0.2, 0.25) is 0 Å². The van der Waals surface area contributed by atoms with Crippen LogP contribution >= 0.6 is 11.3 Å². The average molecular weight is 267 g/mol. The summed E-state index contributed by atoms with van der Waals surface area (Å²) in [5.41, 5.74) is 0.450. The second-order valence-corrected chi connectivity index (χ2v) is 7.74. The van der Waals surface area contributed by atoms with Crippen LogP contribution in [0.4, 0.5) is 0 Å². The predicted molar refractivity (Wildman–Crippen MR) is 83.3 cm³/mol. The Morgan fingerprint density at radius 2 is 2.06 bits per heavy atom. The Hall–Kier alpha value is -0.340. The van der Waals surface area contributed by atoms with Crippen LogP contribution in [0.1, 0.15) is 51.8 Å². The van der Waals surface area contributed by atoms with Gasteiger partial charge < -0.3 is 5.32 Å². The summed E-state index contributed by atoms with van der Waals surface area (Å²) in [4.78, 5) is 1.51. The van der Waals surface area contributed by atoms with Crippen LogP contribution in [0.2, 0.25) is 0 Å². The minimum atomic E-state index is 0.450. The van der Waals surface area contributed by atoms with Gasteiger partial charge in [0.05, 0.1) is 0 Å². The van der Waals surface area contributed by atoms with Crippen molar-refractivity contribution in [2.24, 2.45) is 11.3 Å². The molecule has 1 heterocycles.